The van der Waals surface area contributed by atoms with Crippen LogP contribution in [0.1, 0.15) is 18.9 Å². The highest BCUT2D eigenvalue weighted by molar-refractivity contribution is 6.31. The van der Waals surface area contributed by atoms with Crippen molar-refractivity contribution >= 4 is 34.0 Å². The van der Waals surface area contributed by atoms with E-state index in [4.69, 9.17) is 23.1 Å². The molecule has 33 heavy (non-hydrogen) atoms. The Labute approximate surface area is 192 Å². The number of anilines is 2. The molecule has 172 valence electrons. The van der Waals surface area contributed by atoms with Crippen LogP contribution in [0.5, 0.6) is 0 Å². The van der Waals surface area contributed by atoms with E-state index in [1.54, 1.807) is 18.2 Å². The van der Waals surface area contributed by atoms with Crippen molar-refractivity contribution in [3.05, 3.63) is 46.7 Å². The Kier molecular flexibility index (Phi) is 5.85. The Hall–Kier alpha value is -3.09. The van der Waals surface area contributed by atoms with Gasteiger partial charge in [0.15, 0.2) is 11.6 Å². The summed E-state index contributed by atoms with van der Waals surface area (Å²) in [5.41, 5.74) is 12.9. The Balaban J connectivity index is 1.69. The number of nitrogens with two attached hydrogens (primary N) is 2. The first-order valence-corrected chi connectivity index (χ1v) is 10.5. The molecule has 1 atom stereocenters. The van der Waals surface area contributed by atoms with Crippen LogP contribution in [0.4, 0.5) is 29.1 Å². The molecule has 3 aromatic rings. The van der Waals surface area contributed by atoms with Gasteiger partial charge in [0.2, 0.25) is 0 Å². The number of fused-ring (bicyclic) bond motifs is 1. The highest BCUT2D eigenvalue weighted by Crippen LogP contribution is 2.33. The number of nitrogen functional groups attached to an aromatic ring is 2. The van der Waals surface area contributed by atoms with Gasteiger partial charge < -0.3 is 11.5 Å². The van der Waals surface area contributed by atoms with E-state index in [1.807, 2.05) is 6.92 Å². The fourth-order valence-electron chi connectivity index (χ4n) is 3.89. The van der Waals surface area contributed by atoms with Crippen LogP contribution in [0.15, 0.2) is 30.3 Å². The van der Waals surface area contributed by atoms with Gasteiger partial charge in [-0.15, -0.1) is 0 Å². The first-order valence-electron chi connectivity index (χ1n) is 10.1. The minimum absolute atomic E-state index is 0.0641. The van der Waals surface area contributed by atoms with Crippen molar-refractivity contribution in [2.75, 3.05) is 31.1 Å². The monoisotopic (exact) mass is 477 g/mol. The molecular weight excluding hydrogens is 458 g/mol. The first-order chi connectivity index (χ1) is 15.4. The molecule has 1 saturated heterocycles. The predicted molar refractivity (Wildman–Crippen MR) is 121 cm³/mol. The summed E-state index contributed by atoms with van der Waals surface area (Å²) in [6, 6.07) is 7.69. The zero-order valence-electron chi connectivity index (χ0n) is 17.6. The summed E-state index contributed by atoms with van der Waals surface area (Å²) in [6.07, 6.45) is -3.74. The van der Waals surface area contributed by atoms with Crippen molar-refractivity contribution in [1.29, 1.82) is 0 Å². The number of rotatable bonds is 2. The summed E-state index contributed by atoms with van der Waals surface area (Å²) in [7, 11) is 0. The Morgan fingerprint density at radius 2 is 1.97 bits per heavy atom. The van der Waals surface area contributed by atoms with Gasteiger partial charge in [-0.25, -0.2) is 14.4 Å². The molecule has 4 rings (SSSR count). The Morgan fingerprint density at radius 3 is 2.70 bits per heavy atom. The molecule has 0 bridgehead atoms. The van der Waals surface area contributed by atoms with E-state index >= 15 is 0 Å². The molecule has 0 radical (unpaired) electrons. The van der Waals surface area contributed by atoms with Gasteiger partial charge in [0.25, 0.3) is 0 Å². The van der Waals surface area contributed by atoms with E-state index in [0.29, 0.717) is 35.1 Å². The molecule has 2 aromatic carbocycles. The van der Waals surface area contributed by atoms with E-state index in [0.717, 1.165) is 0 Å². The molecule has 0 saturated carbocycles. The van der Waals surface area contributed by atoms with Crippen molar-refractivity contribution in [2.24, 2.45) is 5.41 Å². The zero-order chi connectivity index (χ0) is 24.0. The number of alkyl halides is 3. The fourth-order valence-corrected chi connectivity index (χ4v) is 4.06. The molecule has 5 nitrogen and oxygen atoms in total. The zero-order valence-corrected chi connectivity index (χ0v) is 18.4. The number of hydrogen-bond donors (Lipinski definition) is 2. The van der Waals surface area contributed by atoms with Crippen LogP contribution in [-0.2, 0) is 0 Å². The lowest BCUT2D eigenvalue weighted by Crippen LogP contribution is -2.33. The maximum absolute atomic E-state index is 14.5. The summed E-state index contributed by atoms with van der Waals surface area (Å²) in [4.78, 5) is 9.94. The van der Waals surface area contributed by atoms with Gasteiger partial charge in [0.1, 0.15) is 5.82 Å². The molecule has 1 aliphatic heterocycles. The second kappa shape index (κ2) is 8.36. The predicted octanol–water partition coefficient (Wildman–Crippen LogP) is 4.88. The standard InChI is InChI=1S/C23H20ClF4N5/c1-22(7-8-33(11-22)12-23(26,27)28)6-5-13-9-18-15(10-17(13)29)20(30)32-21(31-18)14-3-2-4-16(24)19(14)25/h2-4,9-10H,7-8,11-12,29H2,1H3,(H2,30,31,32). The molecule has 10 heteroatoms. The highest BCUT2D eigenvalue weighted by atomic mass is 35.5. The van der Waals surface area contributed by atoms with Gasteiger partial charge >= 0.3 is 6.18 Å². The van der Waals surface area contributed by atoms with Gasteiger partial charge in [-0.2, -0.15) is 13.2 Å². The number of nitrogens with zero attached hydrogens (tertiary/aromatic N) is 3. The maximum Gasteiger partial charge on any atom is 0.401 e. The lowest BCUT2D eigenvalue weighted by Gasteiger charge is -2.20. The third kappa shape index (κ3) is 4.97. The smallest absolute Gasteiger partial charge is 0.398 e. The van der Waals surface area contributed by atoms with E-state index in [1.165, 1.54) is 17.0 Å². The number of likely N-dealkylation sites (tertiary alicyclic amines) is 1. The van der Waals surface area contributed by atoms with E-state index in [9.17, 15) is 17.6 Å². The third-order valence-electron chi connectivity index (χ3n) is 5.54. The Bertz CT molecular complexity index is 1300. The van der Waals surface area contributed by atoms with E-state index in [2.05, 4.69) is 21.8 Å². The van der Waals surface area contributed by atoms with E-state index in [-0.39, 0.29) is 28.8 Å². The highest BCUT2D eigenvalue weighted by Gasteiger charge is 2.38. The number of hydrogen-bond acceptors (Lipinski definition) is 5. The molecule has 1 aliphatic rings. The van der Waals surface area contributed by atoms with Gasteiger partial charge in [0, 0.05) is 35.1 Å². The second-order valence-corrected chi connectivity index (χ2v) is 8.78. The molecular formula is C23H20ClF4N5. The minimum Gasteiger partial charge on any atom is -0.398 e. The van der Waals surface area contributed by atoms with E-state index < -0.39 is 24.0 Å². The van der Waals surface area contributed by atoms with Crippen molar-refractivity contribution in [2.45, 2.75) is 19.5 Å². The van der Waals surface area contributed by atoms with Crippen LogP contribution in [0.3, 0.4) is 0 Å². The van der Waals surface area contributed by atoms with Crippen molar-refractivity contribution < 1.29 is 17.6 Å². The quantitative estimate of drug-likeness (QED) is 0.312. The normalized spacial score (nSPS) is 19.0. The summed E-state index contributed by atoms with van der Waals surface area (Å²) in [6.45, 7) is 1.39. The van der Waals surface area contributed by atoms with Gasteiger partial charge in [-0.3, -0.25) is 4.90 Å². The van der Waals surface area contributed by atoms with Crippen LogP contribution in [0.25, 0.3) is 22.3 Å². The molecule has 1 fully saturated rings. The lowest BCUT2D eigenvalue weighted by molar-refractivity contribution is -0.144. The molecule has 0 amide bonds. The number of benzene rings is 2. The summed E-state index contributed by atoms with van der Waals surface area (Å²) < 4.78 is 52.6. The van der Waals surface area contributed by atoms with Crippen molar-refractivity contribution in [1.82, 2.24) is 14.9 Å². The van der Waals surface area contributed by atoms with Crippen LogP contribution < -0.4 is 11.5 Å². The first kappa shape index (κ1) is 23.1. The fraction of sp³-hybridized carbons (Fsp3) is 0.304. The van der Waals surface area contributed by atoms with Crippen LogP contribution in [-0.4, -0.2) is 40.7 Å². The molecule has 4 N–H and O–H groups in total. The van der Waals surface area contributed by atoms with Crippen LogP contribution >= 0.6 is 11.6 Å². The maximum atomic E-state index is 14.5. The topological polar surface area (TPSA) is 81.1 Å². The third-order valence-corrected chi connectivity index (χ3v) is 5.84. The van der Waals surface area contributed by atoms with Crippen LogP contribution in [0, 0.1) is 23.1 Å². The molecule has 1 aromatic heterocycles. The summed E-state index contributed by atoms with van der Waals surface area (Å²) in [5, 5.41) is 0.413. The second-order valence-electron chi connectivity index (χ2n) is 8.38. The van der Waals surface area contributed by atoms with Crippen molar-refractivity contribution in [3.63, 3.8) is 0 Å². The lowest BCUT2D eigenvalue weighted by atomic mass is 9.90. The van der Waals surface area contributed by atoms with Gasteiger partial charge in [-0.1, -0.05) is 29.5 Å². The van der Waals surface area contributed by atoms with Gasteiger partial charge in [0.05, 0.1) is 22.6 Å². The van der Waals surface area contributed by atoms with Crippen LogP contribution in [0.2, 0.25) is 5.02 Å². The number of aromatic nitrogens is 2. The SMILES string of the molecule is CC1(C#Cc2cc3nc(-c4cccc(Cl)c4F)nc(N)c3cc2N)CCN(CC(F)(F)F)C1. The largest absolute Gasteiger partial charge is 0.401 e. The molecule has 2 heterocycles. The average molecular weight is 478 g/mol. The van der Waals surface area contributed by atoms with Crippen molar-refractivity contribution in [3.8, 4) is 23.2 Å². The minimum atomic E-state index is -4.25. The average Bonchev–Trinajstić information content (AvgIpc) is 3.08. The molecule has 1 unspecified atom stereocenters. The molecule has 0 spiro atoms. The summed E-state index contributed by atoms with van der Waals surface area (Å²) >= 11 is 5.87. The Morgan fingerprint density at radius 1 is 1.21 bits per heavy atom. The van der Waals surface area contributed by atoms with Gasteiger partial charge in [-0.05, 0) is 37.6 Å². The number of halogens is 5. The molecule has 0 aliphatic carbocycles. The summed E-state index contributed by atoms with van der Waals surface area (Å²) in [5.74, 6) is 5.59.